The Morgan fingerprint density at radius 2 is 0.518 bits per heavy atom. The molecule has 17 nitrogen and oxygen atoms in total. The maximum Gasteiger partial charge on any atom is 0.472 e. The third kappa shape index (κ3) is 79.7. The van der Waals surface area contributed by atoms with Gasteiger partial charge in [-0.1, -0.05) is 298 Å². The highest BCUT2D eigenvalue weighted by Crippen LogP contribution is 2.45. The van der Waals surface area contributed by atoms with Crippen molar-refractivity contribution in [2.24, 2.45) is 0 Å². The van der Waals surface area contributed by atoms with Crippen LogP contribution in [0, 0.1) is 0 Å². The van der Waals surface area contributed by atoms with Crippen LogP contribution < -0.4 is 0 Å². The van der Waals surface area contributed by atoms with Gasteiger partial charge in [0.2, 0.25) is 0 Å². The average Bonchev–Trinajstić information content (AvgIpc) is 0.911. The molecule has 0 rings (SSSR count). The fraction of sp³-hybridized carbons (Fsp3) is 0.582. The van der Waals surface area contributed by atoms with Crippen LogP contribution in [0.1, 0.15) is 285 Å². The van der Waals surface area contributed by atoms with E-state index in [1.165, 1.54) is 19.3 Å². The first-order valence-corrected chi connectivity index (χ1v) is 44.3. The smallest absolute Gasteiger partial charge is 0.462 e. The Bertz CT molecular complexity index is 2900. The number of phosphoric ester groups is 2. The van der Waals surface area contributed by atoms with Crippen LogP contribution in [-0.4, -0.2) is 96.7 Å². The third-order valence-electron chi connectivity index (χ3n) is 16.3. The zero-order valence-corrected chi connectivity index (χ0v) is 69.6. The Morgan fingerprint density at radius 1 is 0.273 bits per heavy atom. The lowest BCUT2D eigenvalue weighted by Crippen LogP contribution is -2.30. The van der Waals surface area contributed by atoms with E-state index >= 15 is 0 Å². The molecule has 0 amide bonds. The first-order valence-electron chi connectivity index (χ1n) is 41.3. The zero-order chi connectivity index (χ0) is 80.3. The van der Waals surface area contributed by atoms with Crippen LogP contribution in [0.15, 0.2) is 207 Å². The van der Waals surface area contributed by atoms with Gasteiger partial charge in [0, 0.05) is 19.3 Å². The van der Waals surface area contributed by atoms with E-state index in [9.17, 15) is 43.2 Å². The molecule has 0 bridgehead atoms. The topological polar surface area (TPSA) is 237 Å². The highest BCUT2D eigenvalue weighted by Gasteiger charge is 2.30. The molecule has 0 fully saturated rings. The second kappa shape index (κ2) is 80.7. The molecule has 0 aromatic carbocycles. The molecule has 0 radical (unpaired) electrons. The Balaban J connectivity index is 5.53. The minimum Gasteiger partial charge on any atom is -0.462 e. The summed E-state index contributed by atoms with van der Waals surface area (Å²) in [7, 11) is -10.0. The minimum atomic E-state index is -5.03. The number of aliphatic hydroxyl groups is 1. The lowest BCUT2D eigenvalue weighted by Gasteiger charge is -2.21. The van der Waals surface area contributed by atoms with Gasteiger partial charge in [-0.25, -0.2) is 9.13 Å². The Kier molecular flexibility index (Phi) is 76.0. The van der Waals surface area contributed by atoms with E-state index in [2.05, 4.69) is 198 Å². The molecular weight excluding hydrogens is 1430 g/mol. The molecule has 5 unspecified atom stereocenters. The van der Waals surface area contributed by atoms with Crippen LogP contribution in [0.5, 0.6) is 0 Å². The lowest BCUT2D eigenvalue weighted by atomic mass is 10.1. The van der Waals surface area contributed by atoms with Crippen molar-refractivity contribution in [1.82, 2.24) is 0 Å². The summed E-state index contributed by atoms with van der Waals surface area (Å²) in [5.74, 6) is -2.44. The van der Waals surface area contributed by atoms with Crippen molar-refractivity contribution in [1.29, 1.82) is 0 Å². The molecular formula is C91H144O17P2. The van der Waals surface area contributed by atoms with Gasteiger partial charge >= 0.3 is 39.5 Å². The number of carbonyl (C=O) groups is 4. The van der Waals surface area contributed by atoms with Crippen molar-refractivity contribution in [2.45, 2.75) is 303 Å². The Hall–Kier alpha value is -6.36. The number of phosphoric acid groups is 2. The van der Waals surface area contributed by atoms with Crippen molar-refractivity contribution < 1.29 is 80.2 Å². The fourth-order valence-electron chi connectivity index (χ4n) is 10.1. The van der Waals surface area contributed by atoms with Gasteiger partial charge in [-0.3, -0.25) is 37.3 Å². The first kappa shape index (κ1) is 104. The van der Waals surface area contributed by atoms with E-state index in [1.54, 1.807) is 12.2 Å². The fourth-order valence-corrected chi connectivity index (χ4v) is 11.7. The maximum atomic E-state index is 13.1. The number of ether oxygens (including phenoxy) is 4. The quantitative estimate of drug-likeness (QED) is 0.0169. The van der Waals surface area contributed by atoms with Gasteiger partial charge in [-0.05, 0) is 167 Å². The molecule has 19 heteroatoms. The molecule has 0 saturated carbocycles. The molecule has 620 valence electrons. The zero-order valence-electron chi connectivity index (χ0n) is 67.8. The SMILES string of the molecule is CC/C=C\C/C=C\C/C=C\C/C=C\C/C=C\CCCC(=O)OCC(COP(=O)(O)OCC(O)COP(=O)(O)OCC(COC(=O)CCCCCCCC/C=C\C/C=C\C/C=C\C/C=C\CC)OC(=O)CCCCCCCC/C=C\C/C=C\C/C=C\CCCCC)OC(=O)C/C=C\C/C=C\C/C=C\C/C=C\C/C=C\CC. The van der Waals surface area contributed by atoms with E-state index in [0.717, 1.165) is 180 Å². The summed E-state index contributed by atoms with van der Waals surface area (Å²) in [5.41, 5.74) is 0. The van der Waals surface area contributed by atoms with Gasteiger partial charge in [0.15, 0.2) is 12.2 Å². The lowest BCUT2D eigenvalue weighted by molar-refractivity contribution is -0.161. The summed E-state index contributed by atoms with van der Waals surface area (Å²) in [6, 6.07) is 0. The van der Waals surface area contributed by atoms with Gasteiger partial charge in [0.05, 0.1) is 32.8 Å². The maximum absolute atomic E-state index is 13.1. The average molecular weight is 1570 g/mol. The number of unbranched alkanes of at least 4 members (excludes halogenated alkanes) is 16. The summed E-state index contributed by atoms with van der Waals surface area (Å²) >= 11 is 0. The van der Waals surface area contributed by atoms with Crippen LogP contribution >= 0.6 is 15.6 Å². The van der Waals surface area contributed by atoms with Crippen molar-refractivity contribution >= 4 is 39.5 Å². The number of hydrogen-bond acceptors (Lipinski definition) is 15. The van der Waals surface area contributed by atoms with E-state index in [0.29, 0.717) is 32.1 Å². The molecule has 0 aliphatic rings. The summed E-state index contributed by atoms with van der Waals surface area (Å²) < 4.78 is 68.5. The molecule has 5 atom stereocenters. The summed E-state index contributed by atoms with van der Waals surface area (Å²) in [6.07, 6.45) is 101. The van der Waals surface area contributed by atoms with Crippen molar-refractivity contribution in [3.05, 3.63) is 207 Å². The highest BCUT2D eigenvalue weighted by atomic mass is 31.2. The van der Waals surface area contributed by atoms with Crippen LogP contribution in [0.25, 0.3) is 0 Å². The van der Waals surface area contributed by atoms with Gasteiger partial charge in [-0.2, -0.15) is 0 Å². The van der Waals surface area contributed by atoms with Gasteiger partial charge in [-0.15, -0.1) is 0 Å². The minimum absolute atomic E-state index is 0.0549. The van der Waals surface area contributed by atoms with E-state index in [4.69, 9.17) is 37.0 Å². The summed E-state index contributed by atoms with van der Waals surface area (Å²) in [4.78, 5) is 73.1. The van der Waals surface area contributed by atoms with Gasteiger partial charge < -0.3 is 33.8 Å². The Labute approximate surface area is 665 Å². The second-order valence-corrected chi connectivity index (χ2v) is 29.5. The first-order chi connectivity index (χ1) is 53.7. The number of hydrogen-bond donors (Lipinski definition) is 3. The van der Waals surface area contributed by atoms with Crippen LogP contribution in [0.4, 0.5) is 0 Å². The van der Waals surface area contributed by atoms with Crippen molar-refractivity contribution in [3.63, 3.8) is 0 Å². The van der Waals surface area contributed by atoms with Gasteiger partial charge in [0.1, 0.15) is 19.3 Å². The number of carbonyl (C=O) groups excluding carboxylic acids is 4. The highest BCUT2D eigenvalue weighted by molar-refractivity contribution is 7.47. The molecule has 0 aromatic rings. The van der Waals surface area contributed by atoms with E-state index in [-0.39, 0.29) is 25.7 Å². The molecule has 0 aliphatic carbocycles. The van der Waals surface area contributed by atoms with Crippen molar-refractivity contribution in [2.75, 3.05) is 39.6 Å². The van der Waals surface area contributed by atoms with Crippen molar-refractivity contribution in [3.8, 4) is 0 Å². The molecule has 0 saturated heterocycles. The van der Waals surface area contributed by atoms with E-state index in [1.807, 2.05) is 24.3 Å². The number of aliphatic hydroxyl groups excluding tert-OH is 1. The molecule has 0 aliphatic heterocycles. The standard InChI is InChI=1S/C91H144O17P2/c1-5-9-13-17-21-25-29-33-37-40-42-45-49-52-56-60-64-68-72-76-89(94)102-82-87(108-91(96)78-74-70-66-62-58-54-50-46-43-41-38-34-30-26-22-18-14-10-6-2)84-106-110(99,100)104-80-85(92)79-103-109(97,98)105-83-86(107-90(95)77-73-69-65-61-57-53-47-36-32-28-24-20-16-12-8-4)81-101-88(93)75-71-67-63-59-55-51-48-44-39-35-31-27-23-19-15-11-7-3/h9,11-13,15-16,21-28,33-39,42-43,45-48,51,57,59,61,63,69,73,85-87,92H,5-8,10,14,17-20,29-32,40-41,44,49-50,52-56,58,60,62,64-68,70-72,74-84H2,1-4H3,(H,97,98)(H,99,100)/b13-9-,15-11-,16-12-,25-21-,26-22-,27-23-,28-24-,37-33-,38-34-,39-35-,45-42-,46-43-,47-36-,51-48-,61-57-,63-59-,73-69-. The molecule has 0 heterocycles. The van der Waals surface area contributed by atoms with Crippen LogP contribution in [0.3, 0.4) is 0 Å². The monoisotopic (exact) mass is 1570 g/mol. The predicted octanol–water partition coefficient (Wildman–Crippen LogP) is 24.7. The van der Waals surface area contributed by atoms with Crippen LogP contribution in [-0.2, 0) is 65.4 Å². The Morgan fingerprint density at radius 3 is 0.845 bits per heavy atom. The summed E-state index contributed by atoms with van der Waals surface area (Å²) in [5, 5.41) is 10.7. The largest absolute Gasteiger partial charge is 0.472 e. The van der Waals surface area contributed by atoms with E-state index < -0.39 is 97.5 Å². The number of allylic oxidation sites excluding steroid dienone is 33. The normalized spacial score (nSPS) is 14.9. The second-order valence-electron chi connectivity index (χ2n) is 26.6. The predicted molar refractivity (Wildman–Crippen MR) is 454 cm³/mol. The molecule has 0 spiro atoms. The molecule has 0 aromatic heterocycles. The summed E-state index contributed by atoms with van der Waals surface area (Å²) in [6.45, 7) is 4.27. The third-order valence-corrected chi connectivity index (χ3v) is 18.2. The number of rotatable bonds is 75. The van der Waals surface area contributed by atoms with Gasteiger partial charge in [0.25, 0.3) is 0 Å². The van der Waals surface area contributed by atoms with Crippen LogP contribution in [0.2, 0.25) is 0 Å². The molecule has 3 N–H and O–H groups in total. The molecule has 110 heavy (non-hydrogen) atoms. The number of esters is 4.